The Bertz CT molecular complexity index is 435. The van der Waals surface area contributed by atoms with Crippen molar-refractivity contribution >= 4 is 5.97 Å². The maximum absolute atomic E-state index is 11.9. The van der Waals surface area contributed by atoms with Crippen LogP contribution in [-0.2, 0) is 20.0 Å². The van der Waals surface area contributed by atoms with E-state index in [1.165, 1.54) is 7.11 Å². The number of carbonyl (C=O) groups is 1. The van der Waals surface area contributed by atoms with Crippen molar-refractivity contribution in [2.75, 3.05) is 13.7 Å². The lowest BCUT2D eigenvalue weighted by atomic mass is 9.95. The average molecular weight is 295 g/mol. The third-order valence-corrected chi connectivity index (χ3v) is 3.05. The largest absolute Gasteiger partial charge is 0.467 e. The Morgan fingerprint density at radius 3 is 2.43 bits per heavy atom. The summed E-state index contributed by atoms with van der Waals surface area (Å²) in [6, 6.07) is 9.18. The summed E-state index contributed by atoms with van der Waals surface area (Å²) < 4.78 is 10.6. The molecule has 0 aliphatic rings. The molecule has 1 aromatic rings. The minimum atomic E-state index is -1.46. The molecule has 0 fully saturated rings. The van der Waals surface area contributed by atoms with Crippen LogP contribution in [0.2, 0.25) is 0 Å². The summed E-state index contributed by atoms with van der Waals surface area (Å²) in [5.74, 6) is -0.733. The van der Waals surface area contributed by atoms with E-state index in [-0.39, 0.29) is 6.04 Å². The lowest BCUT2D eigenvalue weighted by Gasteiger charge is -2.39. The van der Waals surface area contributed by atoms with Crippen LogP contribution in [0, 0.1) is 0 Å². The Kier molecular flexibility index (Phi) is 6.81. The molecule has 5 heteroatoms. The topological polar surface area (TPSA) is 67.8 Å². The number of carbonyl (C=O) groups excluding carboxylic acids is 1. The molecule has 0 aliphatic heterocycles. The molecule has 21 heavy (non-hydrogen) atoms. The first-order valence-electron chi connectivity index (χ1n) is 7.21. The summed E-state index contributed by atoms with van der Waals surface area (Å²) in [6.07, 6.45) is -0.693. The number of nitrogens with one attached hydrogen (secondary N) is 1. The lowest BCUT2D eigenvalue weighted by molar-refractivity contribution is -0.188. The van der Waals surface area contributed by atoms with Crippen LogP contribution in [0.15, 0.2) is 30.3 Å². The van der Waals surface area contributed by atoms with Crippen molar-refractivity contribution in [1.29, 1.82) is 0 Å². The van der Waals surface area contributed by atoms with Crippen LogP contribution < -0.4 is 5.32 Å². The summed E-state index contributed by atoms with van der Waals surface area (Å²) in [7, 11) is 1.25. The van der Waals surface area contributed by atoms with Crippen LogP contribution in [0.3, 0.4) is 0 Å². The highest BCUT2D eigenvalue weighted by Gasteiger charge is 2.46. The summed E-state index contributed by atoms with van der Waals surface area (Å²) in [5.41, 5.74) is -0.636. The average Bonchev–Trinajstić information content (AvgIpc) is 2.50. The van der Waals surface area contributed by atoms with Gasteiger partial charge in [-0.15, -0.1) is 0 Å². The highest BCUT2D eigenvalue weighted by Crippen LogP contribution is 2.29. The Labute approximate surface area is 126 Å². The van der Waals surface area contributed by atoms with Gasteiger partial charge in [-0.25, -0.2) is 4.79 Å². The molecule has 0 saturated carbocycles. The number of aliphatic hydroxyl groups excluding tert-OH is 1. The van der Waals surface area contributed by atoms with E-state index in [9.17, 15) is 9.90 Å². The van der Waals surface area contributed by atoms with Crippen molar-refractivity contribution in [3.05, 3.63) is 35.9 Å². The van der Waals surface area contributed by atoms with Gasteiger partial charge in [0.1, 0.15) is 0 Å². The maximum atomic E-state index is 11.9. The fourth-order valence-corrected chi connectivity index (χ4v) is 2.18. The van der Waals surface area contributed by atoms with Gasteiger partial charge in [-0.05, 0) is 20.3 Å². The Morgan fingerprint density at radius 1 is 1.33 bits per heavy atom. The molecule has 0 saturated heterocycles. The predicted octanol–water partition coefficient (Wildman–Crippen LogP) is 1.80. The van der Waals surface area contributed by atoms with E-state index in [2.05, 4.69) is 5.32 Å². The normalized spacial score (nSPS) is 15.5. The highest BCUT2D eigenvalue weighted by atomic mass is 16.6. The lowest BCUT2D eigenvalue weighted by Crippen LogP contribution is -2.59. The minimum absolute atomic E-state index is 0.00127. The second-order valence-electron chi connectivity index (χ2n) is 5.17. The van der Waals surface area contributed by atoms with Crippen molar-refractivity contribution in [3.63, 3.8) is 0 Å². The Morgan fingerprint density at radius 2 is 1.95 bits per heavy atom. The van der Waals surface area contributed by atoms with Crippen LogP contribution in [0.25, 0.3) is 0 Å². The zero-order valence-electron chi connectivity index (χ0n) is 13.1. The smallest absolute Gasteiger partial charge is 0.339 e. The van der Waals surface area contributed by atoms with Gasteiger partial charge in [-0.1, -0.05) is 37.3 Å². The van der Waals surface area contributed by atoms with Crippen molar-refractivity contribution in [2.45, 2.75) is 45.1 Å². The molecule has 1 aromatic carbocycles. The first kappa shape index (κ1) is 17.6. The van der Waals surface area contributed by atoms with E-state index in [0.29, 0.717) is 12.2 Å². The SMILES string of the molecule is CCCOC(NC(C)C)(c1ccccc1)C(O)C(=O)OC. The molecule has 1 rings (SSSR count). The van der Waals surface area contributed by atoms with Crippen LogP contribution in [0.4, 0.5) is 0 Å². The van der Waals surface area contributed by atoms with E-state index < -0.39 is 17.8 Å². The molecular weight excluding hydrogens is 270 g/mol. The number of methoxy groups -OCH3 is 1. The zero-order valence-corrected chi connectivity index (χ0v) is 13.1. The van der Waals surface area contributed by atoms with Crippen LogP contribution in [0.5, 0.6) is 0 Å². The molecule has 2 unspecified atom stereocenters. The highest BCUT2D eigenvalue weighted by molar-refractivity contribution is 5.76. The molecule has 0 radical (unpaired) electrons. The van der Waals surface area contributed by atoms with E-state index in [1.54, 1.807) is 0 Å². The monoisotopic (exact) mass is 295 g/mol. The van der Waals surface area contributed by atoms with Gasteiger partial charge in [0.05, 0.1) is 7.11 Å². The summed E-state index contributed by atoms with van der Waals surface area (Å²) in [4.78, 5) is 11.9. The van der Waals surface area contributed by atoms with Gasteiger partial charge in [0.15, 0.2) is 11.8 Å². The number of hydrogen-bond donors (Lipinski definition) is 2. The van der Waals surface area contributed by atoms with Crippen LogP contribution >= 0.6 is 0 Å². The molecule has 0 aliphatic carbocycles. The Balaban J connectivity index is 3.30. The summed E-state index contributed by atoms with van der Waals surface area (Å²) in [5, 5.41) is 13.7. The second-order valence-corrected chi connectivity index (χ2v) is 5.17. The van der Waals surface area contributed by atoms with E-state index in [1.807, 2.05) is 51.1 Å². The zero-order chi connectivity index (χ0) is 15.9. The first-order chi connectivity index (χ1) is 9.97. The minimum Gasteiger partial charge on any atom is -0.467 e. The number of rotatable bonds is 8. The van der Waals surface area contributed by atoms with Crippen LogP contribution in [-0.4, -0.2) is 36.9 Å². The molecule has 118 valence electrons. The van der Waals surface area contributed by atoms with Crippen molar-refractivity contribution in [1.82, 2.24) is 5.32 Å². The van der Waals surface area contributed by atoms with Crippen LogP contribution in [0.1, 0.15) is 32.8 Å². The standard InChI is InChI=1S/C16H25NO4/c1-5-11-21-16(17-12(2)3,14(18)15(19)20-4)13-9-7-6-8-10-13/h6-10,12,14,17-18H,5,11H2,1-4H3. The number of aliphatic hydroxyl groups is 1. The molecule has 0 amide bonds. The molecular formula is C16H25NO4. The molecule has 5 nitrogen and oxygen atoms in total. The fraction of sp³-hybridized carbons (Fsp3) is 0.562. The first-order valence-corrected chi connectivity index (χ1v) is 7.21. The fourth-order valence-electron chi connectivity index (χ4n) is 2.18. The third kappa shape index (κ3) is 4.27. The molecule has 2 atom stereocenters. The van der Waals surface area contributed by atoms with Gasteiger partial charge in [0.2, 0.25) is 0 Å². The predicted molar refractivity (Wildman–Crippen MR) is 80.7 cm³/mol. The van der Waals surface area contributed by atoms with Gasteiger partial charge < -0.3 is 14.6 Å². The molecule has 2 N–H and O–H groups in total. The van der Waals surface area contributed by atoms with E-state index in [0.717, 1.165) is 6.42 Å². The Hall–Kier alpha value is -1.43. The third-order valence-electron chi connectivity index (χ3n) is 3.05. The summed E-state index contributed by atoms with van der Waals surface area (Å²) in [6.45, 7) is 6.23. The van der Waals surface area contributed by atoms with Gasteiger partial charge in [0.25, 0.3) is 0 Å². The molecule has 0 aromatic heterocycles. The maximum Gasteiger partial charge on any atom is 0.339 e. The molecule has 0 spiro atoms. The van der Waals surface area contributed by atoms with E-state index in [4.69, 9.17) is 9.47 Å². The van der Waals surface area contributed by atoms with Gasteiger partial charge in [0, 0.05) is 18.2 Å². The number of esters is 1. The second kappa shape index (κ2) is 8.12. The number of benzene rings is 1. The van der Waals surface area contributed by atoms with Crippen molar-refractivity contribution < 1.29 is 19.4 Å². The van der Waals surface area contributed by atoms with Crippen molar-refractivity contribution in [2.24, 2.45) is 0 Å². The number of hydrogen-bond acceptors (Lipinski definition) is 5. The van der Waals surface area contributed by atoms with Gasteiger partial charge >= 0.3 is 5.97 Å². The number of ether oxygens (including phenoxy) is 2. The van der Waals surface area contributed by atoms with E-state index >= 15 is 0 Å². The quantitative estimate of drug-likeness (QED) is 0.565. The van der Waals surface area contributed by atoms with Gasteiger partial charge in [-0.2, -0.15) is 0 Å². The van der Waals surface area contributed by atoms with Gasteiger partial charge in [-0.3, -0.25) is 5.32 Å². The van der Waals surface area contributed by atoms with Crippen molar-refractivity contribution in [3.8, 4) is 0 Å². The molecule has 0 bridgehead atoms. The summed E-state index contributed by atoms with van der Waals surface area (Å²) >= 11 is 0. The molecule has 0 heterocycles.